The third-order valence-corrected chi connectivity index (χ3v) is 3.08. The van der Waals surface area contributed by atoms with Crippen molar-refractivity contribution in [3.63, 3.8) is 0 Å². The Labute approximate surface area is 108 Å². The highest BCUT2D eigenvalue weighted by Gasteiger charge is 2.16. The van der Waals surface area contributed by atoms with Crippen molar-refractivity contribution >= 4 is 11.4 Å². The van der Waals surface area contributed by atoms with Gasteiger partial charge in [-0.2, -0.15) is 0 Å². The molecule has 1 aromatic carbocycles. The van der Waals surface area contributed by atoms with Crippen LogP contribution in [0, 0.1) is 17.0 Å². The molecule has 0 saturated heterocycles. The molecule has 1 aromatic rings. The van der Waals surface area contributed by atoms with Crippen molar-refractivity contribution < 1.29 is 4.92 Å². The van der Waals surface area contributed by atoms with Gasteiger partial charge in [-0.3, -0.25) is 10.1 Å². The predicted molar refractivity (Wildman–Crippen MR) is 74.1 cm³/mol. The lowest BCUT2D eigenvalue weighted by molar-refractivity contribution is -0.384. The summed E-state index contributed by atoms with van der Waals surface area (Å²) >= 11 is 0. The first-order valence-electron chi connectivity index (χ1n) is 6.11. The van der Waals surface area contributed by atoms with Crippen LogP contribution >= 0.6 is 0 Å². The molecule has 0 unspecified atom stereocenters. The van der Waals surface area contributed by atoms with E-state index in [4.69, 9.17) is 0 Å². The van der Waals surface area contributed by atoms with Gasteiger partial charge in [0, 0.05) is 24.7 Å². The number of para-hydroxylation sites is 1. The Hall–Kier alpha value is -1.62. The van der Waals surface area contributed by atoms with E-state index in [1.54, 1.807) is 19.1 Å². The van der Waals surface area contributed by atoms with E-state index in [0.717, 1.165) is 6.54 Å². The molecule has 0 saturated carbocycles. The molecule has 0 aliphatic heterocycles. The van der Waals surface area contributed by atoms with Crippen LogP contribution in [0.5, 0.6) is 0 Å². The van der Waals surface area contributed by atoms with Crippen LogP contribution in [-0.4, -0.2) is 36.0 Å². The molecule has 1 N–H and O–H groups in total. The molecule has 0 amide bonds. The first kappa shape index (κ1) is 14.4. The molecule has 0 aromatic heterocycles. The van der Waals surface area contributed by atoms with Gasteiger partial charge >= 0.3 is 0 Å². The van der Waals surface area contributed by atoms with Gasteiger partial charge < -0.3 is 10.2 Å². The van der Waals surface area contributed by atoms with Gasteiger partial charge in [-0.25, -0.2) is 0 Å². The Bertz CT molecular complexity index is 419. The van der Waals surface area contributed by atoms with E-state index in [1.807, 2.05) is 13.1 Å². The first-order chi connectivity index (χ1) is 8.43. The molecule has 5 heteroatoms. The fraction of sp³-hybridized carbons (Fsp3) is 0.538. The SMILES string of the molecule is Cc1cccc(NCCN(C)C(C)C)c1[N+](=O)[O-]. The lowest BCUT2D eigenvalue weighted by Gasteiger charge is -2.21. The van der Waals surface area contributed by atoms with Crippen LogP contribution in [0.4, 0.5) is 11.4 Å². The van der Waals surface area contributed by atoms with Gasteiger partial charge in [0.15, 0.2) is 0 Å². The summed E-state index contributed by atoms with van der Waals surface area (Å²) in [4.78, 5) is 12.9. The molecule has 0 bridgehead atoms. The quantitative estimate of drug-likeness (QED) is 0.623. The van der Waals surface area contributed by atoms with Gasteiger partial charge in [0.05, 0.1) is 4.92 Å². The van der Waals surface area contributed by atoms with E-state index in [-0.39, 0.29) is 10.6 Å². The minimum atomic E-state index is -0.330. The summed E-state index contributed by atoms with van der Waals surface area (Å²) in [7, 11) is 2.04. The fourth-order valence-corrected chi connectivity index (χ4v) is 1.67. The molecule has 0 heterocycles. The Kier molecular flexibility index (Phi) is 5.09. The van der Waals surface area contributed by atoms with Crippen molar-refractivity contribution in [2.45, 2.75) is 26.8 Å². The number of nitrogens with zero attached hydrogens (tertiary/aromatic N) is 2. The number of nitrogens with one attached hydrogen (secondary N) is 1. The zero-order valence-corrected chi connectivity index (χ0v) is 11.4. The number of likely N-dealkylation sites (N-methyl/N-ethyl adjacent to an activating group) is 1. The van der Waals surface area contributed by atoms with E-state index in [0.29, 0.717) is 23.8 Å². The highest BCUT2D eigenvalue weighted by atomic mass is 16.6. The molecule has 0 fully saturated rings. The number of hydrogen-bond acceptors (Lipinski definition) is 4. The summed E-state index contributed by atoms with van der Waals surface area (Å²) in [5.74, 6) is 0. The lowest BCUT2D eigenvalue weighted by atomic mass is 10.1. The second-order valence-electron chi connectivity index (χ2n) is 4.73. The normalized spacial score (nSPS) is 11.0. The highest BCUT2D eigenvalue weighted by molar-refractivity contribution is 5.64. The predicted octanol–water partition coefficient (Wildman–Crippen LogP) is 2.66. The molecule has 5 nitrogen and oxygen atoms in total. The molecule has 1 rings (SSSR count). The standard InChI is InChI=1S/C13H21N3O2/c1-10(2)15(4)9-8-14-12-7-5-6-11(3)13(12)16(17)18/h5-7,10,14H,8-9H2,1-4H3. The summed E-state index contributed by atoms with van der Waals surface area (Å²) in [5, 5.41) is 14.1. The van der Waals surface area contributed by atoms with Gasteiger partial charge in [-0.15, -0.1) is 0 Å². The summed E-state index contributed by atoms with van der Waals surface area (Å²) < 4.78 is 0. The fourth-order valence-electron chi connectivity index (χ4n) is 1.67. The van der Waals surface area contributed by atoms with Crippen molar-refractivity contribution in [2.24, 2.45) is 0 Å². The second kappa shape index (κ2) is 6.35. The monoisotopic (exact) mass is 251 g/mol. The van der Waals surface area contributed by atoms with Crippen LogP contribution < -0.4 is 5.32 Å². The van der Waals surface area contributed by atoms with Crippen LogP contribution in [-0.2, 0) is 0 Å². The van der Waals surface area contributed by atoms with Gasteiger partial charge in [-0.05, 0) is 33.9 Å². The molecular formula is C13H21N3O2. The van der Waals surface area contributed by atoms with Crippen LogP contribution in [0.2, 0.25) is 0 Å². The zero-order valence-electron chi connectivity index (χ0n) is 11.4. The molecule has 0 spiro atoms. The summed E-state index contributed by atoms with van der Waals surface area (Å²) in [6.45, 7) is 7.54. The maximum absolute atomic E-state index is 11.0. The van der Waals surface area contributed by atoms with E-state index in [1.165, 1.54) is 0 Å². The van der Waals surface area contributed by atoms with Gasteiger partial charge in [0.25, 0.3) is 5.69 Å². The molecular weight excluding hydrogens is 230 g/mol. The molecule has 100 valence electrons. The first-order valence-corrected chi connectivity index (χ1v) is 6.11. The molecule has 0 aliphatic rings. The van der Waals surface area contributed by atoms with E-state index < -0.39 is 0 Å². The highest BCUT2D eigenvalue weighted by Crippen LogP contribution is 2.27. The van der Waals surface area contributed by atoms with E-state index >= 15 is 0 Å². The molecule has 18 heavy (non-hydrogen) atoms. The minimum Gasteiger partial charge on any atom is -0.378 e. The third-order valence-electron chi connectivity index (χ3n) is 3.08. The molecule has 0 atom stereocenters. The van der Waals surface area contributed by atoms with Crippen molar-refractivity contribution in [3.8, 4) is 0 Å². The van der Waals surface area contributed by atoms with Crippen molar-refractivity contribution in [2.75, 3.05) is 25.5 Å². The van der Waals surface area contributed by atoms with Gasteiger partial charge in [-0.1, -0.05) is 12.1 Å². The second-order valence-corrected chi connectivity index (χ2v) is 4.73. The summed E-state index contributed by atoms with van der Waals surface area (Å²) in [6, 6.07) is 5.81. The van der Waals surface area contributed by atoms with Gasteiger partial charge in [0.1, 0.15) is 5.69 Å². The number of nitro benzene ring substituents is 1. The number of aryl methyl sites for hydroxylation is 1. The maximum atomic E-state index is 11.0. The maximum Gasteiger partial charge on any atom is 0.295 e. The number of rotatable bonds is 6. The lowest BCUT2D eigenvalue weighted by Crippen LogP contribution is -2.31. The number of nitro groups is 1. The molecule has 0 aliphatic carbocycles. The van der Waals surface area contributed by atoms with E-state index in [9.17, 15) is 10.1 Å². The Morgan fingerprint density at radius 1 is 1.44 bits per heavy atom. The average molecular weight is 251 g/mol. The Morgan fingerprint density at radius 3 is 2.67 bits per heavy atom. The number of hydrogen-bond donors (Lipinski definition) is 1. The summed E-state index contributed by atoms with van der Waals surface area (Å²) in [6.07, 6.45) is 0. The average Bonchev–Trinajstić information content (AvgIpc) is 2.28. The Balaban J connectivity index is 2.68. The minimum absolute atomic E-state index is 0.171. The third kappa shape index (κ3) is 3.70. The number of anilines is 1. The topological polar surface area (TPSA) is 58.4 Å². The van der Waals surface area contributed by atoms with Crippen molar-refractivity contribution in [3.05, 3.63) is 33.9 Å². The van der Waals surface area contributed by atoms with Crippen LogP contribution in [0.15, 0.2) is 18.2 Å². The van der Waals surface area contributed by atoms with Crippen LogP contribution in [0.25, 0.3) is 0 Å². The Morgan fingerprint density at radius 2 is 2.11 bits per heavy atom. The summed E-state index contributed by atoms with van der Waals surface area (Å²) in [5.41, 5.74) is 1.45. The number of benzene rings is 1. The van der Waals surface area contributed by atoms with E-state index in [2.05, 4.69) is 24.1 Å². The van der Waals surface area contributed by atoms with Crippen LogP contribution in [0.1, 0.15) is 19.4 Å². The molecule has 0 radical (unpaired) electrons. The van der Waals surface area contributed by atoms with Gasteiger partial charge in [0.2, 0.25) is 0 Å². The largest absolute Gasteiger partial charge is 0.378 e. The van der Waals surface area contributed by atoms with Crippen molar-refractivity contribution in [1.29, 1.82) is 0 Å². The van der Waals surface area contributed by atoms with Crippen LogP contribution in [0.3, 0.4) is 0 Å². The smallest absolute Gasteiger partial charge is 0.295 e. The van der Waals surface area contributed by atoms with Crippen molar-refractivity contribution in [1.82, 2.24) is 4.90 Å². The zero-order chi connectivity index (χ0) is 13.7.